The lowest BCUT2D eigenvalue weighted by Gasteiger charge is -2.18. The third kappa shape index (κ3) is 2.34. The van der Waals surface area contributed by atoms with Crippen LogP contribution in [-0.2, 0) is 0 Å². The third-order valence-electron chi connectivity index (χ3n) is 2.12. The van der Waals surface area contributed by atoms with E-state index in [0.717, 1.165) is 24.5 Å². The standard InChI is InChI=1S/C10H18N4/c1-5-11-10-12-7-8(3)9(13-10)14(4)6-2/h7H,5-6H2,1-4H3,(H,11,12,13). The van der Waals surface area contributed by atoms with E-state index in [1.54, 1.807) is 0 Å². The lowest BCUT2D eigenvalue weighted by molar-refractivity contribution is 0.915. The predicted molar refractivity (Wildman–Crippen MR) is 59.9 cm³/mol. The Morgan fingerprint density at radius 1 is 1.43 bits per heavy atom. The summed E-state index contributed by atoms with van der Waals surface area (Å²) in [4.78, 5) is 10.7. The van der Waals surface area contributed by atoms with Gasteiger partial charge in [0.1, 0.15) is 5.82 Å². The SMILES string of the molecule is CCNc1ncc(C)c(N(C)CC)n1. The van der Waals surface area contributed by atoms with Crippen LogP contribution < -0.4 is 10.2 Å². The Morgan fingerprint density at radius 2 is 2.14 bits per heavy atom. The minimum atomic E-state index is 0.702. The molecule has 0 radical (unpaired) electrons. The zero-order valence-corrected chi connectivity index (χ0v) is 9.33. The van der Waals surface area contributed by atoms with Crippen molar-refractivity contribution in [3.8, 4) is 0 Å². The molecule has 0 aliphatic carbocycles. The highest BCUT2D eigenvalue weighted by Crippen LogP contribution is 2.15. The summed E-state index contributed by atoms with van der Waals surface area (Å²) in [6, 6.07) is 0. The molecule has 0 bridgehead atoms. The van der Waals surface area contributed by atoms with Gasteiger partial charge in [0.2, 0.25) is 5.95 Å². The molecule has 4 heteroatoms. The molecule has 0 unspecified atom stereocenters. The quantitative estimate of drug-likeness (QED) is 0.791. The molecule has 1 heterocycles. The fourth-order valence-electron chi connectivity index (χ4n) is 1.21. The fraction of sp³-hybridized carbons (Fsp3) is 0.600. The van der Waals surface area contributed by atoms with Crippen LogP contribution in [0.1, 0.15) is 19.4 Å². The molecule has 0 atom stereocenters. The van der Waals surface area contributed by atoms with Crippen molar-refractivity contribution in [3.63, 3.8) is 0 Å². The number of hydrogen-bond acceptors (Lipinski definition) is 4. The Morgan fingerprint density at radius 3 is 2.71 bits per heavy atom. The Bertz CT molecular complexity index is 298. The van der Waals surface area contributed by atoms with Crippen LogP contribution in [0.25, 0.3) is 0 Å². The van der Waals surface area contributed by atoms with Gasteiger partial charge in [-0.2, -0.15) is 4.98 Å². The predicted octanol–water partition coefficient (Wildman–Crippen LogP) is 1.67. The molecule has 0 fully saturated rings. The van der Waals surface area contributed by atoms with Gasteiger partial charge in [-0.1, -0.05) is 0 Å². The van der Waals surface area contributed by atoms with Gasteiger partial charge in [-0.3, -0.25) is 0 Å². The van der Waals surface area contributed by atoms with Crippen molar-refractivity contribution in [2.24, 2.45) is 0 Å². The van der Waals surface area contributed by atoms with E-state index in [2.05, 4.69) is 27.1 Å². The van der Waals surface area contributed by atoms with Gasteiger partial charge in [0.25, 0.3) is 0 Å². The molecule has 4 nitrogen and oxygen atoms in total. The molecule has 0 amide bonds. The molecule has 78 valence electrons. The maximum atomic E-state index is 4.44. The first-order valence-electron chi connectivity index (χ1n) is 4.97. The van der Waals surface area contributed by atoms with Crippen molar-refractivity contribution in [1.29, 1.82) is 0 Å². The lowest BCUT2D eigenvalue weighted by Crippen LogP contribution is -2.19. The molecular weight excluding hydrogens is 176 g/mol. The Kier molecular flexibility index (Phi) is 3.68. The summed E-state index contributed by atoms with van der Waals surface area (Å²) in [5.41, 5.74) is 1.11. The third-order valence-corrected chi connectivity index (χ3v) is 2.12. The summed E-state index contributed by atoms with van der Waals surface area (Å²) >= 11 is 0. The monoisotopic (exact) mass is 194 g/mol. The summed E-state index contributed by atoms with van der Waals surface area (Å²) < 4.78 is 0. The minimum Gasteiger partial charge on any atom is -0.360 e. The largest absolute Gasteiger partial charge is 0.360 e. The minimum absolute atomic E-state index is 0.702. The average Bonchev–Trinajstić information content (AvgIpc) is 2.20. The summed E-state index contributed by atoms with van der Waals surface area (Å²) in [6.45, 7) is 7.96. The van der Waals surface area contributed by atoms with Crippen LogP contribution in [-0.4, -0.2) is 30.1 Å². The van der Waals surface area contributed by atoms with Crippen LogP contribution >= 0.6 is 0 Å². The number of hydrogen-bond donors (Lipinski definition) is 1. The fourth-order valence-corrected chi connectivity index (χ4v) is 1.21. The average molecular weight is 194 g/mol. The Hall–Kier alpha value is -1.32. The lowest BCUT2D eigenvalue weighted by atomic mass is 10.3. The highest BCUT2D eigenvalue weighted by atomic mass is 15.2. The van der Waals surface area contributed by atoms with Crippen LogP contribution in [0.3, 0.4) is 0 Å². The van der Waals surface area contributed by atoms with Crippen LogP contribution in [0, 0.1) is 6.92 Å². The van der Waals surface area contributed by atoms with E-state index in [0.29, 0.717) is 5.95 Å². The van der Waals surface area contributed by atoms with Gasteiger partial charge in [-0.15, -0.1) is 0 Å². The van der Waals surface area contributed by atoms with E-state index in [1.165, 1.54) is 0 Å². The summed E-state index contributed by atoms with van der Waals surface area (Å²) in [5.74, 6) is 1.70. The summed E-state index contributed by atoms with van der Waals surface area (Å²) in [6.07, 6.45) is 1.85. The topological polar surface area (TPSA) is 41.1 Å². The number of nitrogens with zero attached hydrogens (tertiary/aromatic N) is 3. The number of anilines is 2. The van der Waals surface area contributed by atoms with E-state index >= 15 is 0 Å². The number of rotatable bonds is 4. The van der Waals surface area contributed by atoms with Crippen molar-refractivity contribution in [1.82, 2.24) is 9.97 Å². The molecule has 0 aliphatic heterocycles. The van der Waals surface area contributed by atoms with Crippen molar-refractivity contribution < 1.29 is 0 Å². The Labute approximate surface area is 85.4 Å². The molecular formula is C10H18N4. The van der Waals surface area contributed by atoms with Gasteiger partial charge in [0, 0.05) is 31.9 Å². The van der Waals surface area contributed by atoms with Crippen LogP contribution in [0.15, 0.2) is 6.20 Å². The van der Waals surface area contributed by atoms with Gasteiger partial charge < -0.3 is 10.2 Å². The van der Waals surface area contributed by atoms with Crippen molar-refractivity contribution in [3.05, 3.63) is 11.8 Å². The summed E-state index contributed by atoms with van der Waals surface area (Å²) in [7, 11) is 2.03. The molecule has 1 aromatic rings. The van der Waals surface area contributed by atoms with E-state index < -0.39 is 0 Å². The number of aromatic nitrogens is 2. The molecule has 0 spiro atoms. The van der Waals surface area contributed by atoms with E-state index in [1.807, 2.05) is 27.1 Å². The number of aryl methyl sites for hydroxylation is 1. The molecule has 0 saturated carbocycles. The van der Waals surface area contributed by atoms with Crippen molar-refractivity contribution in [2.45, 2.75) is 20.8 Å². The van der Waals surface area contributed by atoms with Crippen LogP contribution in [0.4, 0.5) is 11.8 Å². The molecule has 1 rings (SSSR count). The molecule has 0 aliphatic rings. The number of nitrogens with one attached hydrogen (secondary N) is 1. The van der Waals surface area contributed by atoms with Gasteiger partial charge in [0.15, 0.2) is 0 Å². The van der Waals surface area contributed by atoms with Gasteiger partial charge in [-0.05, 0) is 20.8 Å². The maximum absolute atomic E-state index is 4.44. The molecule has 0 saturated heterocycles. The molecule has 1 N–H and O–H groups in total. The second-order valence-corrected chi connectivity index (χ2v) is 3.24. The van der Waals surface area contributed by atoms with Gasteiger partial charge in [-0.25, -0.2) is 4.98 Å². The van der Waals surface area contributed by atoms with E-state index in [-0.39, 0.29) is 0 Å². The summed E-state index contributed by atoms with van der Waals surface area (Å²) in [5, 5.41) is 3.11. The molecule has 1 aromatic heterocycles. The van der Waals surface area contributed by atoms with Crippen molar-refractivity contribution in [2.75, 3.05) is 30.4 Å². The van der Waals surface area contributed by atoms with E-state index in [9.17, 15) is 0 Å². The normalized spacial score (nSPS) is 10.0. The van der Waals surface area contributed by atoms with Crippen LogP contribution in [0.5, 0.6) is 0 Å². The maximum Gasteiger partial charge on any atom is 0.224 e. The van der Waals surface area contributed by atoms with Crippen molar-refractivity contribution >= 4 is 11.8 Å². The smallest absolute Gasteiger partial charge is 0.224 e. The van der Waals surface area contributed by atoms with Gasteiger partial charge in [0.05, 0.1) is 0 Å². The zero-order chi connectivity index (χ0) is 10.6. The van der Waals surface area contributed by atoms with Gasteiger partial charge >= 0.3 is 0 Å². The molecule has 0 aromatic carbocycles. The second kappa shape index (κ2) is 4.79. The Balaban J connectivity index is 2.95. The first-order chi connectivity index (χ1) is 6.69. The first-order valence-corrected chi connectivity index (χ1v) is 4.97. The highest BCUT2D eigenvalue weighted by molar-refractivity contribution is 5.48. The van der Waals surface area contributed by atoms with E-state index in [4.69, 9.17) is 0 Å². The second-order valence-electron chi connectivity index (χ2n) is 3.24. The zero-order valence-electron chi connectivity index (χ0n) is 9.33. The van der Waals surface area contributed by atoms with Crippen LogP contribution in [0.2, 0.25) is 0 Å². The molecule has 14 heavy (non-hydrogen) atoms. The highest BCUT2D eigenvalue weighted by Gasteiger charge is 2.06. The first kappa shape index (κ1) is 10.8.